The van der Waals surface area contributed by atoms with Crippen molar-refractivity contribution in [2.45, 2.75) is 46.1 Å². The third-order valence-electron chi connectivity index (χ3n) is 4.85. The number of amides is 1. The summed E-state index contributed by atoms with van der Waals surface area (Å²) in [5, 5.41) is 4.09. The minimum Gasteiger partial charge on any atom is -0.450 e. The van der Waals surface area contributed by atoms with Crippen LogP contribution in [-0.2, 0) is 19.4 Å². The number of sulfone groups is 1. The lowest BCUT2D eigenvalue weighted by Gasteiger charge is -2.28. The molecule has 3 rings (SSSR count). The minimum atomic E-state index is -3.13. The highest BCUT2D eigenvalue weighted by molar-refractivity contribution is 7.91. The van der Waals surface area contributed by atoms with Crippen molar-refractivity contribution in [1.82, 2.24) is 24.5 Å². The van der Waals surface area contributed by atoms with Crippen molar-refractivity contribution in [2.24, 2.45) is 0 Å². The fraction of sp³-hybridized carbons (Fsp3) is 0.611. The van der Waals surface area contributed by atoms with E-state index < -0.39 is 28.3 Å². The van der Waals surface area contributed by atoms with E-state index in [0.29, 0.717) is 13.0 Å². The SMILES string of the molecule is CCCCN(C(=O)COC(=O)c1nc2nc(C)cc(C)n2n1)[C@H]1CCS(=O)(=O)C1. The normalized spacial score (nSPS) is 18.1. The molecule has 0 radical (unpaired) electrons. The highest BCUT2D eigenvalue weighted by atomic mass is 32.2. The van der Waals surface area contributed by atoms with Crippen LogP contribution in [0.5, 0.6) is 0 Å². The smallest absolute Gasteiger partial charge is 0.378 e. The fourth-order valence-electron chi connectivity index (χ4n) is 3.39. The van der Waals surface area contributed by atoms with Gasteiger partial charge in [0.05, 0.1) is 11.5 Å². The Balaban J connectivity index is 1.67. The van der Waals surface area contributed by atoms with Gasteiger partial charge in [0.2, 0.25) is 0 Å². The highest BCUT2D eigenvalue weighted by Gasteiger charge is 2.34. The number of hydrogen-bond acceptors (Lipinski definition) is 8. The Morgan fingerprint density at radius 2 is 2.07 bits per heavy atom. The van der Waals surface area contributed by atoms with Gasteiger partial charge in [-0.2, -0.15) is 4.98 Å². The number of carbonyl (C=O) groups is 2. The first kappa shape index (κ1) is 21.2. The van der Waals surface area contributed by atoms with Crippen LogP contribution >= 0.6 is 0 Å². The molecule has 1 amide bonds. The number of ether oxygens (including phenoxy) is 1. The van der Waals surface area contributed by atoms with Gasteiger partial charge in [-0.1, -0.05) is 13.3 Å². The molecule has 29 heavy (non-hydrogen) atoms. The zero-order chi connectivity index (χ0) is 21.2. The fourth-order valence-corrected chi connectivity index (χ4v) is 5.12. The van der Waals surface area contributed by atoms with E-state index in [-0.39, 0.29) is 29.1 Å². The summed E-state index contributed by atoms with van der Waals surface area (Å²) in [5.74, 6) is -1.11. The summed E-state index contributed by atoms with van der Waals surface area (Å²) in [7, 11) is -3.13. The summed E-state index contributed by atoms with van der Waals surface area (Å²) in [6.45, 7) is 5.56. The van der Waals surface area contributed by atoms with Crippen molar-refractivity contribution in [3.8, 4) is 0 Å². The third kappa shape index (κ3) is 4.89. The van der Waals surface area contributed by atoms with E-state index in [1.54, 1.807) is 0 Å². The molecular formula is C18H25N5O5S. The van der Waals surface area contributed by atoms with E-state index in [1.807, 2.05) is 26.8 Å². The maximum Gasteiger partial charge on any atom is 0.378 e. The lowest BCUT2D eigenvalue weighted by molar-refractivity contribution is -0.136. The first-order valence-electron chi connectivity index (χ1n) is 9.58. The van der Waals surface area contributed by atoms with E-state index in [0.717, 1.165) is 24.2 Å². The van der Waals surface area contributed by atoms with Crippen LogP contribution < -0.4 is 0 Å². The summed E-state index contributed by atoms with van der Waals surface area (Å²) in [5.41, 5.74) is 1.51. The predicted molar refractivity (Wildman–Crippen MR) is 104 cm³/mol. The monoisotopic (exact) mass is 423 g/mol. The molecule has 1 saturated heterocycles. The Kier molecular flexibility index (Phi) is 6.15. The molecule has 0 aromatic carbocycles. The van der Waals surface area contributed by atoms with Crippen molar-refractivity contribution >= 4 is 27.5 Å². The number of aryl methyl sites for hydroxylation is 2. The van der Waals surface area contributed by atoms with Crippen LogP contribution in [0.1, 0.15) is 48.2 Å². The summed E-state index contributed by atoms with van der Waals surface area (Å²) >= 11 is 0. The van der Waals surface area contributed by atoms with Gasteiger partial charge in [-0.25, -0.2) is 22.7 Å². The van der Waals surface area contributed by atoms with E-state index >= 15 is 0 Å². The number of hydrogen-bond donors (Lipinski definition) is 0. The van der Waals surface area contributed by atoms with Gasteiger partial charge in [-0.15, -0.1) is 5.10 Å². The third-order valence-corrected chi connectivity index (χ3v) is 6.60. The molecule has 1 aliphatic heterocycles. The molecule has 1 aliphatic rings. The molecule has 0 aliphatic carbocycles. The van der Waals surface area contributed by atoms with Crippen LogP contribution in [0.4, 0.5) is 0 Å². The number of aromatic nitrogens is 4. The Labute approximate surface area is 169 Å². The second kappa shape index (κ2) is 8.44. The molecule has 0 bridgehead atoms. The highest BCUT2D eigenvalue weighted by Crippen LogP contribution is 2.19. The Morgan fingerprint density at radius 3 is 2.72 bits per heavy atom. The van der Waals surface area contributed by atoms with Gasteiger partial charge in [-0.05, 0) is 32.8 Å². The Morgan fingerprint density at radius 1 is 1.31 bits per heavy atom. The van der Waals surface area contributed by atoms with E-state index in [1.165, 1.54) is 9.42 Å². The molecule has 10 nitrogen and oxygen atoms in total. The summed E-state index contributed by atoms with van der Waals surface area (Å²) in [6, 6.07) is 1.43. The van der Waals surface area contributed by atoms with Gasteiger partial charge in [0.15, 0.2) is 16.4 Å². The van der Waals surface area contributed by atoms with Crippen molar-refractivity contribution in [1.29, 1.82) is 0 Å². The number of unbranched alkanes of at least 4 members (excludes halogenated alkanes) is 1. The van der Waals surface area contributed by atoms with Gasteiger partial charge < -0.3 is 9.64 Å². The standard InChI is InChI=1S/C18H25N5O5S/c1-4-5-7-22(14-6-8-29(26,27)11-14)15(24)10-28-17(25)16-20-18-19-12(2)9-13(3)23(18)21-16/h9,14H,4-8,10-11H2,1-3H3/t14-/m0/s1. The average Bonchev–Trinajstić information content (AvgIpc) is 3.23. The molecule has 2 aromatic rings. The van der Waals surface area contributed by atoms with Gasteiger partial charge >= 0.3 is 5.97 Å². The van der Waals surface area contributed by atoms with Gasteiger partial charge in [0.1, 0.15) is 0 Å². The van der Waals surface area contributed by atoms with Crippen molar-refractivity contribution in [2.75, 3.05) is 24.7 Å². The second-order valence-electron chi connectivity index (χ2n) is 7.26. The van der Waals surface area contributed by atoms with Crippen molar-refractivity contribution < 1.29 is 22.7 Å². The lowest BCUT2D eigenvalue weighted by atomic mass is 10.2. The minimum absolute atomic E-state index is 0.0469. The molecule has 0 spiro atoms. The maximum atomic E-state index is 12.6. The molecule has 0 saturated carbocycles. The van der Waals surface area contributed by atoms with Crippen LogP contribution in [0.25, 0.3) is 5.78 Å². The molecule has 2 aromatic heterocycles. The molecular weight excluding hydrogens is 398 g/mol. The quantitative estimate of drug-likeness (QED) is 0.597. The molecule has 1 fully saturated rings. The maximum absolute atomic E-state index is 12.6. The number of esters is 1. The predicted octanol–water partition coefficient (Wildman–Crippen LogP) is 0.714. The van der Waals surface area contributed by atoms with Crippen LogP contribution in [-0.4, -0.2) is 75.5 Å². The zero-order valence-corrected chi connectivity index (χ0v) is 17.6. The summed E-state index contributed by atoms with van der Waals surface area (Å²) in [6.07, 6.45) is 2.01. The second-order valence-corrected chi connectivity index (χ2v) is 9.49. The van der Waals surface area contributed by atoms with Gasteiger partial charge in [0, 0.05) is 24.0 Å². The van der Waals surface area contributed by atoms with Gasteiger partial charge in [-0.3, -0.25) is 4.79 Å². The van der Waals surface area contributed by atoms with Crippen LogP contribution in [0.3, 0.4) is 0 Å². The van der Waals surface area contributed by atoms with Crippen molar-refractivity contribution in [3.63, 3.8) is 0 Å². The van der Waals surface area contributed by atoms with Crippen LogP contribution in [0.2, 0.25) is 0 Å². The molecule has 1 atom stereocenters. The molecule has 0 N–H and O–H groups in total. The lowest BCUT2D eigenvalue weighted by Crippen LogP contribution is -2.44. The van der Waals surface area contributed by atoms with Crippen LogP contribution in [0.15, 0.2) is 6.07 Å². The zero-order valence-electron chi connectivity index (χ0n) is 16.8. The first-order chi connectivity index (χ1) is 13.7. The largest absolute Gasteiger partial charge is 0.450 e. The summed E-state index contributed by atoms with van der Waals surface area (Å²) in [4.78, 5) is 34.8. The molecule has 0 unspecified atom stereocenters. The van der Waals surface area contributed by atoms with E-state index in [4.69, 9.17) is 4.74 Å². The number of rotatable bonds is 7. The van der Waals surface area contributed by atoms with Gasteiger partial charge in [0.25, 0.3) is 17.5 Å². The summed E-state index contributed by atoms with van der Waals surface area (Å²) < 4.78 is 30.1. The van der Waals surface area contributed by atoms with E-state index in [9.17, 15) is 18.0 Å². The number of carbonyl (C=O) groups excluding carboxylic acids is 2. The Hall–Kier alpha value is -2.56. The van der Waals surface area contributed by atoms with Crippen LogP contribution in [0, 0.1) is 13.8 Å². The number of nitrogens with zero attached hydrogens (tertiary/aromatic N) is 5. The number of fused-ring (bicyclic) bond motifs is 1. The van der Waals surface area contributed by atoms with E-state index in [2.05, 4.69) is 15.1 Å². The van der Waals surface area contributed by atoms with Crippen molar-refractivity contribution in [3.05, 3.63) is 23.3 Å². The molecule has 11 heteroatoms. The topological polar surface area (TPSA) is 124 Å². The first-order valence-corrected chi connectivity index (χ1v) is 11.4. The average molecular weight is 423 g/mol. The molecule has 158 valence electrons. The molecule has 3 heterocycles. The Bertz CT molecular complexity index is 1030.